The number of benzene rings is 2. The predicted molar refractivity (Wildman–Crippen MR) is 111 cm³/mol. The van der Waals surface area contributed by atoms with Gasteiger partial charge in [0.05, 0.1) is 6.07 Å². The fraction of sp³-hybridized carbons (Fsp3) is 0.190. The van der Waals surface area contributed by atoms with Crippen LogP contribution in [0.1, 0.15) is 11.1 Å². The highest BCUT2D eigenvalue weighted by Crippen LogP contribution is 2.29. The lowest BCUT2D eigenvalue weighted by Gasteiger charge is -2.11. The Labute approximate surface area is 168 Å². The van der Waals surface area contributed by atoms with Gasteiger partial charge in [0, 0.05) is 17.1 Å². The molecule has 2 aromatic carbocycles. The molecule has 27 heavy (non-hydrogen) atoms. The van der Waals surface area contributed by atoms with E-state index in [1.807, 2.05) is 28.8 Å². The van der Waals surface area contributed by atoms with Crippen molar-refractivity contribution in [3.05, 3.63) is 77.3 Å². The van der Waals surface area contributed by atoms with Crippen LogP contribution in [0.25, 0.3) is 11.4 Å². The van der Waals surface area contributed by atoms with Gasteiger partial charge in [0.2, 0.25) is 0 Å². The Morgan fingerprint density at radius 1 is 1.19 bits per heavy atom. The van der Waals surface area contributed by atoms with Crippen LogP contribution in [-0.4, -0.2) is 20.0 Å². The van der Waals surface area contributed by atoms with Gasteiger partial charge in [-0.25, -0.2) is 0 Å². The van der Waals surface area contributed by atoms with E-state index in [2.05, 4.69) is 54.0 Å². The second kappa shape index (κ2) is 8.90. The number of aryl methyl sites for hydroxylation is 1. The number of hydrogen-bond acceptors (Lipinski definition) is 4. The molecule has 0 amide bonds. The smallest absolute Gasteiger partial charge is 0.193 e. The molecule has 3 aromatic rings. The summed E-state index contributed by atoms with van der Waals surface area (Å²) in [5.41, 5.74) is 3.26. The summed E-state index contributed by atoms with van der Waals surface area (Å²) < 4.78 is 1.97. The molecule has 0 aliphatic rings. The molecular weight excluding hydrogens is 376 g/mol. The van der Waals surface area contributed by atoms with Crippen LogP contribution in [0.3, 0.4) is 0 Å². The fourth-order valence-corrected chi connectivity index (χ4v) is 3.75. The standard InChI is InChI=1S/C21H19ClN4S/c1-3-12-26-20(17-8-10-18(22)11-9-17)24-25-21(26)27-19(14-23)13-16-6-4-15(2)5-7-16/h3-11,19H,1,12-13H2,2H3/t19-/m1/s1. The Kier molecular flexibility index (Phi) is 6.33. The molecule has 1 heterocycles. The molecule has 0 bridgehead atoms. The van der Waals surface area contributed by atoms with Crippen molar-refractivity contribution in [2.24, 2.45) is 0 Å². The van der Waals surface area contributed by atoms with E-state index in [1.54, 1.807) is 6.08 Å². The number of hydrogen-bond donors (Lipinski definition) is 0. The Morgan fingerprint density at radius 2 is 1.89 bits per heavy atom. The molecule has 1 aromatic heterocycles. The predicted octanol–water partition coefficient (Wildman–Crippen LogP) is 5.32. The van der Waals surface area contributed by atoms with Gasteiger partial charge >= 0.3 is 0 Å². The van der Waals surface area contributed by atoms with Crippen molar-refractivity contribution < 1.29 is 0 Å². The molecule has 3 rings (SSSR count). The van der Waals surface area contributed by atoms with E-state index < -0.39 is 0 Å². The van der Waals surface area contributed by atoms with E-state index in [9.17, 15) is 5.26 Å². The van der Waals surface area contributed by atoms with Crippen LogP contribution < -0.4 is 0 Å². The average molecular weight is 395 g/mol. The number of halogens is 1. The minimum atomic E-state index is -0.251. The number of nitriles is 1. The lowest BCUT2D eigenvalue weighted by atomic mass is 10.1. The van der Waals surface area contributed by atoms with Gasteiger partial charge < -0.3 is 0 Å². The summed E-state index contributed by atoms with van der Waals surface area (Å²) in [6.45, 7) is 6.45. The zero-order chi connectivity index (χ0) is 19.2. The molecule has 0 fully saturated rings. The van der Waals surface area contributed by atoms with E-state index in [-0.39, 0.29) is 5.25 Å². The number of nitrogens with zero attached hydrogens (tertiary/aromatic N) is 4. The molecular formula is C21H19ClN4S. The zero-order valence-electron chi connectivity index (χ0n) is 15.0. The maximum Gasteiger partial charge on any atom is 0.193 e. The van der Waals surface area contributed by atoms with Gasteiger partial charge in [-0.1, -0.05) is 59.3 Å². The summed E-state index contributed by atoms with van der Waals surface area (Å²) in [5.74, 6) is 0.737. The van der Waals surface area contributed by atoms with Crippen LogP contribution in [-0.2, 0) is 13.0 Å². The van der Waals surface area contributed by atoms with Crippen LogP contribution in [0.4, 0.5) is 0 Å². The third-order valence-corrected chi connectivity index (χ3v) is 5.39. The minimum absolute atomic E-state index is 0.251. The van der Waals surface area contributed by atoms with Crippen LogP contribution in [0.15, 0.2) is 66.3 Å². The van der Waals surface area contributed by atoms with Crippen molar-refractivity contribution in [1.82, 2.24) is 14.8 Å². The second-order valence-corrected chi connectivity index (χ2v) is 7.74. The molecule has 0 N–H and O–H groups in total. The monoisotopic (exact) mass is 394 g/mol. The van der Waals surface area contributed by atoms with E-state index in [0.717, 1.165) is 17.0 Å². The molecule has 136 valence electrons. The van der Waals surface area contributed by atoms with E-state index in [4.69, 9.17) is 11.6 Å². The van der Waals surface area contributed by atoms with Crippen molar-refractivity contribution in [3.63, 3.8) is 0 Å². The van der Waals surface area contributed by atoms with Crippen LogP contribution in [0.5, 0.6) is 0 Å². The summed E-state index contributed by atoms with van der Waals surface area (Å²) >= 11 is 7.41. The Bertz CT molecular complexity index is 955. The molecule has 4 nitrogen and oxygen atoms in total. The van der Waals surface area contributed by atoms with Gasteiger partial charge in [-0.15, -0.1) is 16.8 Å². The summed E-state index contributed by atoms with van der Waals surface area (Å²) in [6.07, 6.45) is 2.45. The van der Waals surface area contributed by atoms with Crippen molar-refractivity contribution >= 4 is 23.4 Å². The van der Waals surface area contributed by atoms with Crippen LogP contribution in [0, 0.1) is 18.3 Å². The molecule has 0 aliphatic carbocycles. The SMILES string of the molecule is C=CCn1c(S[C@@H](C#N)Cc2ccc(C)cc2)nnc1-c1ccc(Cl)cc1. The highest BCUT2D eigenvalue weighted by Gasteiger charge is 2.18. The van der Waals surface area contributed by atoms with E-state index >= 15 is 0 Å². The van der Waals surface area contributed by atoms with Gasteiger partial charge in [0.1, 0.15) is 5.25 Å². The quantitative estimate of drug-likeness (QED) is 0.402. The lowest BCUT2D eigenvalue weighted by molar-refractivity contribution is 0.729. The Hall–Kier alpha value is -2.55. The van der Waals surface area contributed by atoms with Crippen molar-refractivity contribution in [2.45, 2.75) is 30.3 Å². The zero-order valence-corrected chi connectivity index (χ0v) is 16.5. The van der Waals surface area contributed by atoms with Gasteiger partial charge in [-0.05, 0) is 43.2 Å². The van der Waals surface area contributed by atoms with Gasteiger partial charge in [-0.2, -0.15) is 5.26 Å². The Morgan fingerprint density at radius 3 is 2.52 bits per heavy atom. The first-order valence-corrected chi connectivity index (χ1v) is 9.78. The molecule has 0 spiro atoms. The highest BCUT2D eigenvalue weighted by molar-refractivity contribution is 8.00. The first-order chi connectivity index (χ1) is 13.1. The van der Waals surface area contributed by atoms with Crippen LogP contribution in [0.2, 0.25) is 5.02 Å². The topological polar surface area (TPSA) is 54.5 Å². The third kappa shape index (κ3) is 4.79. The van der Waals surface area contributed by atoms with Crippen molar-refractivity contribution in [3.8, 4) is 17.5 Å². The first-order valence-electron chi connectivity index (χ1n) is 8.52. The maximum atomic E-state index is 9.62. The van der Waals surface area contributed by atoms with Gasteiger partial charge in [0.15, 0.2) is 11.0 Å². The lowest BCUT2D eigenvalue weighted by Crippen LogP contribution is -2.07. The van der Waals surface area contributed by atoms with Crippen LogP contribution >= 0.6 is 23.4 Å². The summed E-state index contributed by atoms with van der Waals surface area (Å²) in [4.78, 5) is 0. The maximum absolute atomic E-state index is 9.62. The minimum Gasteiger partial charge on any atom is -0.298 e. The van der Waals surface area contributed by atoms with Crippen molar-refractivity contribution in [1.29, 1.82) is 5.26 Å². The van der Waals surface area contributed by atoms with Crippen molar-refractivity contribution in [2.75, 3.05) is 0 Å². The van der Waals surface area contributed by atoms with E-state index in [0.29, 0.717) is 23.1 Å². The normalized spacial score (nSPS) is 11.7. The molecule has 0 saturated carbocycles. The summed E-state index contributed by atoms with van der Waals surface area (Å²) in [6, 6.07) is 18.1. The molecule has 1 atom stereocenters. The van der Waals surface area contributed by atoms with Gasteiger partial charge in [-0.3, -0.25) is 4.57 Å². The summed E-state index contributed by atoms with van der Waals surface area (Å²) in [5, 5.41) is 19.4. The summed E-state index contributed by atoms with van der Waals surface area (Å²) in [7, 11) is 0. The molecule has 0 unspecified atom stereocenters. The molecule has 6 heteroatoms. The number of thioether (sulfide) groups is 1. The second-order valence-electron chi connectivity index (χ2n) is 6.14. The average Bonchev–Trinajstić information content (AvgIpc) is 3.06. The molecule has 0 saturated heterocycles. The third-order valence-electron chi connectivity index (χ3n) is 4.06. The number of rotatable bonds is 7. The number of aromatic nitrogens is 3. The highest BCUT2D eigenvalue weighted by atomic mass is 35.5. The number of allylic oxidation sites excluding steroid dienone is 1. The molecule has 0 aliphatic heterocycles. The Balaban J connectivity index is 1.84. The fourth-order valence-electron chi connectivity index (χ4n) is 2.66. The first kappa shape index (κ1) is 19.2. The van der Waals surface area contributed by atoms with Gasteiger partial charge in [0.25, 0.3) is 0 Å². The molecule has 0 radical (unpaired) electrons. The largest absolute Gasteiger partial charge is 0.298 e. The van der Waals surface area contributed by atoms with E-state index in [1.165, 1.54) is 17.3 Å².